The van der Waals surface area contributed by atoms with Gasteiger partial charge < -0.3 is 0 Å². The van der Waals surface area contributed by atoms with Crippen molar-refractivity contribution < 1.29 is 8.42 Å². The smallest absolute Gasteiger partial charge is 0.236 e. The Morgan fingerprint density at radius 2 is 1.54 bits per heavy atom. The molecule has 0 radical (unpaired) electrons. The molecule has 4 rings (SSSR count). The monoisotopic (exact) mass is 384 g/mol. The topological polar surface area (TPSA) is 50.3 Å². The third-order valence-electron chi connectivity index (χ3n) is 4.63. The van der Waals surface area contributed by atoms with Crippen LogP contribution in [0.1, 0.15) is 19.3 Å². The Balaban J connectivity index is 1.57. The van der Waals surface area contributed by atoms with Crippen LogP contribution in [0.15, 0.2) is 64.9 Å². The summed E-state index contributed by atoms with van der Waals surface area (Å²) >= 11 is 1.59. The lowest BCUT2D eigenvalue weighted by Gasteiger charge is -2.25. The Hall–Kier alpha value is -2.02. The van der Waals surface area contributed by atoms with Gasteiger partial charge in [-0.25, -0.2) is 13.4 Å². The standard InChI is InChI=1S/C20H20N2O2S2/c23-26(24,22-13-5-2-6-14-22)18-11-9-16(10-12-18)19-15-25-20(21-19)17-7-3-1-4-8-17/h1,3-4,7-12,15H,2,5-6,13-14H2. The number of thiazole rings is 1. The zero-order valence-corrected chi connectivity index (χ0v) is 16.0. The van der Waals surface area contributed by atoms with Crippen molar-refractivity contribution in [2.45, 2.75) is 24.2 Å². The molecule has 3 aromatic rings. The van der Waals surface area contributed by atoms with E-state index in [0.717, 1.165) is 41.1 Å². The summed E-state index contributed by atoms with van der Waals surface area (Å²) in [6, 6.07) is 17.1. The highest BCUT2D eigenvalue weighted by Crippen LogP contribution is 2.30. The number of nitrogens with zero attached hydrogens (tertiary/aromatic N) is 2. The summed E-state index contributed by atoms with van der Waals surface area (Å²) in [4.78, 5) is 5.05. The minimum Gasteiger partial charge on any atom is -0.236 e. The van der Waals surface area contributed by atoms with E-state index in [1.807, 2.05) is 47.8 Å². The van der Waals surface area contributed by atoms with Gasteiger partial charge in [0.15, 0.2) is 0 Å². The van der Waals surface area contributed by atoms with Gasteiger partial charge in [0.1, 0.15) is 5.01 Å². The van der Waals surface area contributed by atoms with Crippen LogP contribution in [-0.2, 0) is 10.0 Å². The number of benzene rings is 2. The fourth-order valence-corrected chi connectivity index (χ4v) is 5.52. The predicted molar refractivity (Wildman–Crippen MR) is 106 cm³/mol. The maximum absolute atomic E-state index is 12.7. The summed E-state index contributed by atoms with van der Waals surface area (Å²) in [6.07, 6.45) is 3.00. The van der Waals surface area contributed by atoms with E-state index in [2.05, 4.69) is 0 Å². The van der Waals surface area contributed by atoms with Gasteiger partial charge in [-0.05, 0) is 25.0 Å². The molecule has 0 amide bonds. The Morgan fingerprint density at radius 3 is 2.23 bits per heavy atom. The Bertz CT molecular complexity index is 974. The molecule has 0 spiro atoms. The SMILES string of the molecule is O=S(=O)(c1ccc(-c2csc(-c3ccccc3)n2)cc1)N1CCCCC1. The van der Waals surface area contributed by atoms with E-state index in [0.29, 0.717) is 18.0 Å². The molecule has 1 aliphatic heterocycles. The van der Waals surface area contributed by atoms with E-state index in [9.17, 15) is 8.42 Å². The molecule has 6 heteroatoms. The number of hydrogen-bond donors (Lipinski definition) is 0. The van der Waals surface area contributed by atoms with Crippen LogP contribution in [0.2, 0.25) is 0 Å². The first-order chi connectivity index (χ1) is 12.6. The fraction of sp³-hybridized carbons (Fsp3) is 0.250. The van der Waals surface area contributed by atoms with Crippen LogP contribution in [0.3, 0.4) is 0 Å². The molecule has 4 nitrogen and oxygen atoms in total. The van der Waals surface area contributed by atoms with Crippen LogP contribution in [-0.4, -0.2) is 30.8 Å². The molecule has 0 bridgehead atoms. The summed E-state index contributed by atoms with van der Waals surface area (Å²) in [5.41, 5.74) is 2.89. The van der Waals surface area contributed by atoms with Crippen LogP contribution >= 0.6 is 11.3 Å². The first-order valence-corrected chi connectivity index (χ1v) is 11.1. The van der Waals surface area contributed by atoms with Gasteiger partial charge in [0.05, 0.1) is 10.6 Å². The van der Waals surface area contributed by atoms with Crippen LogP contribution in [0.4, 0.5) is 0 Å². The zero-order valence-electron chi connectivity index (χ0n) is 14.3. The van der Waals surface area contributed by atoms with Crippen molar-refractivity contribution in [3.63, 3.8) is 0 Å². The van der Waals surface area contributed by atoms with E-state index in [-0.39, 0.29) is 0 Å². The normalized spacial score (nSPS) is 15.8. The average Bonchev–Trinajstić information content (AvgIpc) is 3.20. The molecule has 2 aromatic carbocycles. The number of rotatable bonds is 4. The highest BCUT2D eigenvalue weighted by atomic mass is 32.2. The quantitative estimate of drug-likeness (QED) is 0.658. The highest BCUT2D eigenvalue weighted by molar-refractivity contribution is 7.89. The van der Waals surface area contributed by atoms with Gasteiger partial charge in [0, 0.05) is 29.6 Å². The highest BCUT2D eigenvalue weighted by Gasteiger charge is 2.25. The van der Waals surface area contributed by atoms with Crippen LogP contribution in [0.5, 0.6) is 0 Å². The molecule has 1 fully saturated rings. The summed E-state index contributed by atoms with van der Waals surface area (Å²) in [7, 11) is -3.38. The van der Waals surface area contributed by atoms with Gasteiger partial charge in [-0.1, -0.05) is 48.9 Å². The van der Waals surface area contributed by atoms with E-state index < -0.39 is 10.0 Å². The van der Waals surface area contributed by atoms with Crippen LogP contribution in [0.25, 0.3) is 21.8 Å². The zero-order chi connectivity index (χ0) is 18.0. The average molecular weight is 385 g/mol. The Kier molecular flexibility index (Phi) is 4.89. The van der Waals surface area contributed by atoms with Crippen molar-refractivity contribution in [2.75, 3.05) is 13.1 Å². The van der Waals surface area contributed by atoms with Gasteiger partial charge >= 0.3 is 0 Å². The van der Waals surface area contributed by atoms with Crippen LogP contribution < -0.4 is 0 Å². The predicted octanol–water partition coefficient (Wildman–Crippen LogP) is 4.65. The fourth-order valence-electron chi connectivity index (χ4n) is 3.17. The summed E-state index contributed by atoms with van der Waals surface area (Å²) < 4.78 is 27.1. The van der Waals surface area contributed by atoms with Crippen molar-refractivity contribution in [3.8, 4) is 21.8 Å². The number of hydrogen-bond acceptors (Lipinski definition) is 4. The number of piperidine rings is 1. The summed E-state index contributed by atoms with van der Waals surface area (Å²) in [5.74, 6) is 0. The molecule has 0 aliphatic carbocycles. The molecule has 0 unspecified atom stereocenters. The molecule has 26 heavy (non-hydrogen) atoms. The molecule has 0 N–H and O–H groups in total. The lowest BCUT2D eigenvalue weighted by atomic mass is 10.2. The molecular formula is C20H20N2O2S2. The third-order valence-corrected chi connectivity index (χ3v) is 7.43. The van der Waals surface area contributed by atoms with Crippen molar-refractivity contribution in [3.05, 3.63) is 60.0 Å². The van der Waals surface area contributed by atoms with E-state index >= 15 is 0 Å². The first kappa shape index (κ1) is 17.4. The Labute approximate surface area is 158 Å². The van der Waals surface area contributed by atoms with Crippen molar-refractivity contribution in [1.82, 2.24) is 9.29 Å². The Morgan fingerprint density at radius 1 is 0.846 bits per heavy atom. The molecule has 2 heterocycles. The number of aromatic nitrogens is 1. The molecule has 1 saturated heterocycles. The van der Waals surface area contributed by atoms with Crippen molar-refractivity contribution >= 4 is 21.4 Å². The second-order valence-corrected chi connectivity index (χ2v) is 9.19. The molecule has 1 aromatic heterocycles. The lowest BCUT2D eigenvalue weighted by Crippen LogP contribution is -2.35. The third kappa shape index (κ3) is 3.45. The van der Waals surface area contributed by atoms with Gasteiger partial charge in [-0.3, -0.25) is 0 Å². The van der Waals surface area contributed by atoms with E-state index in [1.165, 1.54) is 0 Å². The van der Waals surface area contributed by atoms with Crippen molar-refractivity contribution in [1.29, 1.82) is 0 Å². The lowest BCUT2D eigenvalue weighted by molar-refractivity contribution is 0.346. The largest absolute Gasteiger partial charge is 0.243 e. The minimum atomic E-state index is -3.38. The maximum atomic E-state index is 12.7. The van der Waals surface area contributed by atoms with Gasteiger partial charge in [-0.2, -0.15) is 4.31 Å². The summed E-state index contributed by atoms with van der Waals surface area (Å²) in [5, 5.41) is 2.97. The minimum absolute atomic E-state index is 0.363. The molecule has 0 atom stereocenters. The molecular weight excluding hydrogens is 364 g/mol. The summed E-state index contributed by atoms with van der Waals surface area (Å²) in [6.45, 7) is 1.24. The second-order valence-electron chi connectivity index (χ2n) is 6.39. The maximum Gasteiger partial charge on any atom is 0.243 e. The first-order valence-electron chi connectivity index (χ1n) is 8.76. The van der Waals surface area contributed by atoms with Crippen LogP contribution in [0, 0.1) is 0 Å². The van der Waals surface area contributed by atoms with E-state index in [4.69, 9.17) is 4.98 Å². The van der Waals surface area contributed by atoms with Crippen molar-refractivity contribution in [2.24, 2.45) is 0 Å². The molecule has 1 aliphatic rings. The molecule has 134 valence electrons. The number of sulfonamides is 1. The second kappa shape index (κ2) is 7.31. The van der Waals surface area contributed by atoms with Gasteiger partial charge in [-0.15, -0.1) is 11.3 Å². The van der Waals surface area contributed by atoms with Gasteiger partial charge in [0.2, 0.25) is 10.0 Å². The van der Waals surface area contributed by atoms with E-state index in [1.54, 1.807) is 27.8 Å². The molecule has 0 saturated carbocycles. The van der Waals surface area contributed by atoms with Gasteiger partial charge in [0.25, 0.3) is 0 Å².